The van der Waals surface area contributed by atoms with Gasteiger partial charge in [-0.25, -0.2) is 9.09 Å². The number of hydrogen-bond donors (Lipinski definition) is 2. The van der Waals surface area contributed by atoms with E-state index in [1.165, 1.54) is 0 Å². The Morgan fingerprint density at radius 3 is 2.53 bits per heavy atom. The number of rotatable bonds is 4. The van der Waals surface area contributed by atoms with Gasteiger partial charge in [-0.3, -0.25) is 0 Å². The van der Waals surface area contributed by atoms with Gasteiger partial charge in [0.15, 0.2) is 6.79 Å². The van der Waals surface area contributed by atoms with E-state index in [9.17, 15) is 4.57 Å². The Labute approximate surface area is 87.9 Å². The van der Waals surface area contributed by atoms with Crippen LogP contribution in [0.15, 0.2) is 18.2 Å². The summed E-state index contributed by atoms with van der Waals surface area (Å²) in [7, 11) is -4.45. The molecule has 84 valence electrons. The van der Waals surface area contributed by atoms with Crippen molar-refractivity contribution in [2.75, 3.05) is 6.79 Å². The second kappa shape index (κ2) is 4.77. The molecule has 0 atom stereocenters. The minimum atomic E-state index is -4.45. The van der Waals surface area contributed by atoms with E-state index >= 15 is 0 Å². The molecule has 0 heterocycles. The van der Waals surface area contributed by atoms with Crippen LogP contribution in [0.4, 0.5) is 0 Å². The molecule has 15 heavy (non-hydrogen) atoms. The van der Waals surface area contributed by atoms with E-state index in [4.69, 9.17) is 14.5 Å². The maximum absolute atomic E-state index is 10.4. The highest BCUT2D eigenvalue weighted by molar-refractivity contribution is 7.46. The van der Waals surface area contributed by atoms with Gasteiger partial charge >= 0.3 is 7.82 Å². The maximum Gasteiger partial charge on any atom is 0.472 e. The average Bonchev–Trinajstić information content (AvgIpc) is 2.07. The number of phosphoric acid groups is 1. The lowest BCUT2D eigenvalue weighted by molar-refractivity contribution is 0.0823. The van der Waals surface area contributed by atoms with Gasteiger partial charge in [0, 0.05) is 0 Å². The molecule has 0 radical (unpaired) electrons. The molecule has 0 fully saturated rings. The molecule has 1 aromatic carbocycles. The molecule has 0 aliphatic carbocycles. The molecule has 0 unspecified atom stereocenters. The lowest BCUT2D eigenvalue weighted by atomic mass is 10.1. The van der Waals surface area contributed by atoms with Crippen molar-refractivity contribution in [2.24, 2.45) is 0 Å². The molecule has 5 nitrogen and oxygen atoms in total. The Hall–Kier alpha value is -0.870. The van der Waals surface area contributed by atoms with Crippen molar-refractivity contribution >= 4 is 7.82 Å². The predicted molar refractivity (Wildman–Crippen MR) is 54.5 cm³/mol. The first kappa shape index (κ1) is 12.2. The zero-order valence-electron chi connectivity index (χ0n) is 8.51. The fraction of sp³-hybridized carbons (Fsp3) is 0.333. The van der Waals surface area contributed by atoms with Crippen molar-refractivity contribution in [3.63, 3.8) is 0 Å². The van der Waals surface area contributed by atoms with Gasteiger partial charge in [0.2, 0.25) is 0 Å². The topological polar surface area (TPSA) is 76.0 Å². The van der Waals surface area contributed by atoms with Gasteiger partial charge < -0.3 is 14.5 Å². The van der Waals surface area contributed by atoms with Crippen molar-refractivity contribution in [2.45, 2.75) is 13.8 Å². The zero-order chi connectivity index (χ0) is 11.5. The summed E-state index contributed by atoms with van der Waals surface area (Å²) in [6.07, 6.45) is 0. The van der Waals surface area contributed by atoms with Crippen LogP contribution < -0.4 is 4.74 Å². The van der Waals surface area contributed by atoms with Crippen LogP contribution in [0.25, 0.3) is 0 Å². The Morgan fingerprint density at radius 1 is 1.33 bits per heavy atom. The Morgan fingerprint density at radius 2 is 2.00 bits per heavy atom. The lowest BCUT2D eigenvalue weighted by Gasteiger charge is -2.10. The standard InChI is InChI=1S/C9H13O5P/c1-7-3-4-9(8(2)5-7)13-6-14-15(10,11)12/h3-5H,6H2,1-2H3,(H2,10,11,12). The molecular formula is C9H13O5P. The first-order chi connectivity index (χ1) is 6.88. The van der Waals surface area contributed by atoms with Gasteiger partial charge in [-0.05, 0) is 25.5 Å². The van der Waals surface area contributed by atoms with Gasteiger partial charge in [-0.2, -0.15) is 0 Å². The van der Waals surface area contributed by atoms with Crippen LogP contribution in [0.3, 0.4) is 0 Å². The lowest BCUT2D eigenvalue weighted by Crippen LogP contribution is -2.02. The van der Waals surface area contributed by atoms with Crippen LogP contribution in [-0.2, 0) is 9.09 Å². The maximum atomic E-state index is 10.4. The van der Waals surface area contributed by atoms with E-state index in [1.54, 1.807) is 6.07 Å². The molecule has 0 bridgehead atoms. The molecule has 0 saturated heterocycles. The monoisotopic (exact) mass is 232 g/mol. The van der Waals surface area contributed by atoms with Crippen molar-refractivity contribution in [3.05, 3.63) is 29.3 Å². The van der Waals surface area contributed by atoms with E-state index in [0.717, 1.165) is 11.1 Å². The summed E-state index contributed by atoms with van der Waals surface area (Å²) in [5, 5.41) is 0. The summed E-state index contributed by atoms with van der Waals surface area (Å²) in [5.41, 5.74) is 1.99. The number of aryl methyl sites for hydroxylation is 2. The molecule has 1 rings (SSSR count). The van der Waals surface area contributed by atoms with Crippen LogP contribution in [0.2, 0.25) is 0 Å². The molecule has 0 aliphatic rings. The molecule has 0 amide bonds. The van der Waals surface area contributed by atoms with Crippen molar-refractivity contribution < 1.29 is 23.6 Å². The first-order valence-corrected chi connectivity index (χ1v) is 5.81. The minimum absolute atomic E-state index is 0.464. The Kier molecular flexibility index (Phi) is 3.88. The molecule has 2 N–H and O–H groups in total. The van der Waals surface area contributed by atoms with Crippen LogP contribution in [0.1, 0.15) is 11.1 Å². The highest BCUT2D eigenvalue weighted by Gasteiger charge is 2.13. The smallest absolute Gasteiger partial charge is 0.467 e. The normalized spacial score (nSPS) is 11.5. The Bertz CT molecular complexity index is 384. The number of benzene rings is 1. The number of ether oxygens (including phenoxy) is 1. The van der Waals surface area contributed by atoms with Gasteiger partial charge in [-0.1, -0.05) is 17.7 Å². The van der Waals surface area contributed by atoms with Gasteiger partial charge in [0.1, 0.15) is 5.75 Å². The SMILES string of the molecule is Cc1ccc(OCOP(=O)(O)O)c(C)c1. The van der Waals surface area contributed by atoms with E-state index in [0.29, 0.717) is 5.75 Å². The molecule has 0 aliphatic heterocycles. The largest absolute Gasteiger partial charge is 0.472 e. The highest BCUT2D eigenvalue weighted by atomic mass is 31.2. The number of hydrogen-bond acceptors (Lipinski definition) is 3. The summed E-state index contributed by atoms with van der Waals surface area (Å²) in [4.78, 5) is 16.8. The van der Waals surface area contributed by atoms with Crippen LogP contribution in [0, 0.1) is 13.8 Å². The zero-order valence-corrected chi connectivity index (χ0v) is 9.40. The van der Waals surface area contributed by atoms with E-state index in [-0.39, 0.29) is 0 Å². The molecule has 0 aromatic heterocycles. The van der Waals surface area contributed by atoms with E-state index < -0.39 is 14.6 Å². The van der Waals surface area contributed by atoms with Crippen LogP contribution in [-0.4, -0.2) is 16.6 Å². The fourth-order valence-electron chi connectivity index (χ4n) is 1.12. The second-order valence-corrected chi connectivity index (χ2v) is 4.39. The molecule has 0 saturated carbocycles. The summed E-state index contributed by atoms with van der Waals surface area (Å²) in [6.45, 7) is 3.33. The summed E-state index contributed by atoms with van der Waals surface area (Å²) in [5.74, 6) is 0.550. The summed E-state index contributed by atoms with van der Waals surface area (Å²) in [6, 6.07) is 5.49. The highest BCUT2D eigenvalue weighted by Crippen LogP contribution is 2.35. The molecule has 1 aromatic rings. The van der Waals surface area contributed by atoms with E-state index in [2.05, 4.69) is 4.52 Å². The van der Waals surface area contributed by atoms with Gasteiger partial charge in [0.05, 0.1) is 0 Å². The van der Waals surface area contributed by atoms with Gasteiger partial charge in [-0.15, -0.1) is 0 Å². The number of phosphoric ester groups is 1. The minimum Gasteiger partial charge on any atom is -0.467 e. The summed E-state index contributed by atoms with van der Waals surface area (Å²) >= 11 is 0. The van der Waals surface area contributed by atoms with Crippen LogP contribution >= 0.6 is 7.82 Å². The van der Waals surface area contributed by atoms with Crippen LogP contribution in [0.5, 0.6) is 5.75 Å². The molecular weight excluding hydrogens is 219 g/mol. The van der Waals surface area contributed by atoms with Gasteiger partial charge in [0.25, 0.3) is 0 Å². The summed E-state index contributed by atoms with van der Waals surface area (Å²) < 4.78 is 19.6. The van der Waals surface area contributed by atoms with E-state index in [1.807, 2.05) is 26.0 Å². The molecule has 0 spiro atoms. The third kappa shape index (κ3) is 4.44. The quantitative estimate of drug-likeness (QED) is 0.611. The second-order valence-electron chi connectivity index (χ2n) is 3.15. The predicted octanol–water partition coefficient (Wildman–Crippen LogP) is 1.75. The third-order valence-electron chi connectivity index (χ3n) is 1.77. The van der Waals surface area contributed by atoms with Crippen molar-refractivity contribution in [3.8, 4) is 5.75 Å². The first-order valence-electron chi connectivity index (χ1n) is 4.28. The third-order valence-corrected chi connectivity index (χ3v) is 2.21. The average molecular weight is 232 g/mol. The fourth-order valence-corrected chi connectivity index (χ4v) is 1.31. The van der Waals surface area contributed by atoms with Crippen molar-refractivity contribution in [1.82, 2.24) is 0 Å². The van der Waals surface area contributed by atoms with Crippen molar-refractivity contribution in [1.29, 1.82) is 0 Å². The Balaban J connectivity index is 2.55. The molecule has 6 heteroatoms.